The number of hydrogen-bond donors (Lipinski definition) is 1. The quantitative estimate of drug-likeness (QED) is 0.646. The maximum Gasteiger partial charge on any atom is 0.328 e. The Balaban J connectivity index is 2.89. The lowest BCUT2D eigenvalue weighted by atomic mass is 10.2. The number of nitrogens with one attached hydrogen (secondary N) is 1. The largest absolute Gasteiger partial charge is 0.464 e. The minimum Gasteiger partial charge on any atom is -0.464 e. The van der Waals surface area contributed by atoms with Gasteiger partial charge in [0.2, 0.25) is 0 Å². The number of hydrogen-bond acceptors (Lipinski definition) is 3. The molecule has 0 saturated carbocycles. The van der Waals surface area contributed by atoms with Crippen LogP contribution < -0.4 is 5.32 Å². The highest BCUT2D eigenvalue weighted by Crippen LogP contribution is 3.02. The van der Waals surface area contributed by atoms with E-state index in [1.165, 1.54) is 6.92 Å². The SMILES string of the molecule is CCOC(=O)[C@H](C)NC(=O)c1ccc(S(F)(F)(F)(F)F)cc1. The Kier molecular flexibility index (Phi) is 4.23. The van der Waals surface area contributed by atoms with Gasteiger partial charge in [-0.25, -0.2) is 4.79 Å². The Labute approximate surface area is 123 Å². The van der Waals surface area contributed by atoms with Gasteiger partial charge < -0.3 is 10.1 Å². The first kappa shape index (κ1) is 18.2. The first-order valence-electron chi connectivity index (χ1n) is 6.06. The van der Waals surface area contributed by atoms with E-state index in [-0.39, 0.29) is 24.3 Å². The molecule has 4 nitrogen and oxygen atoms in total. The molecule has 0 heterocycles. The predicted molar refractivity (Wildman–Crippen MR) is 71.4 cm³/mol. The van der Waals surface area contributed by atoms with Crippen LogP contribution in [0.5, 0.6) is 0 Å². The van der Waals surface area contributed by atoms with Crippen LogP contribution in [0.2, 0.25) is 0 Å². The maximum atomic E-state index is 12.5. The highest BCUT2D eigenvalue weighted by atomic mass is 32.5. The number of amides is 1. The second kappa shape index (κ2) is 5.11. The van der Waals surface area contributed by atoms with Gasteiger partial charge in [0.15, 0.2) is 0 Å². The van der Waals surface area contributed by atoms with Crippen LogP contribution in [0.15, 0.2) is 29.2 Å². The fourth-order valence-electron chi connectivity index (χ4n) is 1.47. The summed E-state index contributed by atoms with van der Waals surface area (Å²) in [5.41, 5.74) is -0.290. The van der Waals surface area contributed by atoms with Gasteiger partial charge in [-0.05, 0) is 38.1 Å². The van der Waals surface area contributed by atoms with Crippen molar-refractivity contribution in [2.45, 2.75) is 24.8 Å². The Morgan fingerprint density at radius 2 is 1.64 bits per heavy atom. The number of carbonyl (C=O) groups excluding carboxylic acids is 2. The number of rotatable bonds is 5. The van der Waals surface area contributed by atoms with Gasteiger partial charge in [-0.1, -0.05) is 19.4 Å². The molecule has 22 heavy (non-hydrogen) atoms. The van der Waals surface area contributed by atoms with Crippen molar-refractivity contribution in [1.82, 2.24) is 5.32 Å². The van der Waals surface area contributed by atoms with Crippen LogP contribution in [-0.2, 0) is 9.53 Å². The number of benzene rings is 1. The zero-order valence-electron chi connectivity index (χ0n) is 11.6. The van der Waals surface area contributed by atoms with Gasteiger partial charge in [0.1, 0.15) is 10.9 Å². The summed E-state index contributed by atoms with van der Waals surface area (Å²) in [7, 11) is -9.76. The van der Waals surface area contributed by atoms with E-state index in [2.05, 4.69) is 10.1 Å². The molecule has 1 aromatic carbocycles. The molecule has 1 aromatic rings. The molecule has 1 rings (SSSR count). The summed E-state index contributed by atoms with van der Waals surface area (Å²) in [6.07, 6.45) is 0. The number of ether oxygens (including phenoxy) is 1. The summed E-state index contributed by atoms with van der Waals surface area (Å²) in [5.74, 6) is -1.60. The van der Waals surface area contributed by atoms with Crippen LogP contribution in [0, 0.1) is 0 Å². The zero-order valence-corrected chi connectivity index (χ0v) is 12.4. The van der Waals surface area contributed by atoms with Gasteiger partial charge in [0, 0.05) is 5.56 Å². The third-order valence-electron chi connectivity index (χ3n) is 2.55. The monoisotopic (exact) mass is 347 g/mol. The van der Waals surface area contributed by atoms with Crippen LogP contribution in [0.1, 0.15) is 24.2 Å². The second-order valence-corrected chi connectivity index (χ2v) is 6.85. The molecule has 0 aliphatic heterocycles. The van der Waals surface area contributed by atoms with E-state index in [4.69, 9.17) is 0 Å². The van der Waals surface area contributed by atoms with Crippen molar-refractivity contribution in [1.29, 1.82) is 0 Å². The van der Waals surface area contributed by atoms with Crippen LogP contribution >= 0.6 is 10.2 Å². The Morgan fingerprint density at radius 3 is 2.05 bits per heavy atom. The van der Waals surface area contributed by atoms with E-state index in [1.807, 2.05) is 0 Å². The fraction of sp³-hybridized carbons (Fsp3) is 0.333. The molecule has 1 atom stereocenters. The molecular weight excluding hydrogens is 333 g/mol. The Bertz CT molecular complexity index is 585. The second-order valence-electron chi connectivity index (χ2n) is 4.44. The molecule has 0 saturated heterocycles. The van der Waals surface area contributed by atoms with E-state index < -0.39 is 33.0 Å². The normalized spacial score (nSPS) is 16.1. The topological polar surface area (TPSA) is 55.4 Å². The lowest BCUT2D eigenvalue weighted by Gasteiger charge is -2.40. The molecule has 1 amide bonds. The van der Waals surface area contributed by atoms with Gasteiger partial charge in [-0.15, -0.1) is 0 Å². The summed E-state index contributed by atoms with van der Waals surface area (Å²) in [4.78, 5) is 20.9. The van der Waals surface area contributed by atoms with Crippen molar-refractivity contribution in [3.63, 3.8) is 0 Å². The average Bonchev–Trinajstić information content (AvgIpc) is 2.36. The minimum atomic E-state index is -9.76. The van der Waals surface area contributed by atoms with E-state index >= 15 is 0 Å². The molecule has 0 spiro atoms. The van der Waals surface area contributed by atoms with Crippen molar-refractivity contribution < 1.29 is 33.8 Å². The predicted octanol–water partition coefficient (Wildman–Crippen LogP) is 4.03. The minimum absolute atomic E-state index is 0.0949. The Hall–Kier alpha value is -1.84. The van der Waals surface area contributed by atoms with Crippen LogP contribution in [0.25, 0.3) is 0 Å². The third kappa shape index (κ3) is 4.86. The van der Waals surface area contributed by atoms with Gasteiger partial charge in [0.25, 0.3) is 5.91 Å². The first-order valence-corrected chi connectivity index (χ1v) is 8.01. The molecule has 1 N–H and O–H groups in total. The van der Waals surface area contributed by atoms with Gasteiger partial charge in [-0.3, -0.25) is 4.79 Å². The number of esters is 1. The maximum absolute atomic E-state index is 12.5. The zero-order chi connectivity index (χ0) is 17.2. The summed E-state index contributed by atoms with van der Waals surface area (Å²) < 4.78 is 67.2. The molecule has 10 heteroatoms. The van der Waals surface area contributed by atoms with Crippen LogP contribution in [0.4, 0.5) is 19.4 Å². The third-order valence-corrected chi connectivity index (χ3v) is 3.71. The van der Waals surface area contributed by atoms with Gasteiger partial charge in [-0.2, -0.15) is 0 Å². The Morgan fingerprint density at radius 1 is 1.14 bits per heavy atom. The summed E-state index contributed by atoms with van der Waals surface area (Å²) in [6, 6.07) is 0.459. The first-order chi connectivity index (χ1) is 9.74. The molecule has 0 unspecified atom stereocenters. The lowest BCUT2D eigenvalue weighted by molar-refractivity contribution is -0.144. The van der Waals surface area contributed by atoms with Crippen molar-refractivity contribution in [3.8, 4) is 0 Å². The smallest absolute Gasteiger partial charge is 0.328 e. The van der Waals surface area contributed by atoms with Crippen LogP contribution in [-0.4, -0.2) is 24.5 Å². The number of carbonyl (C=O) groups is 2. The van der Waals surface area contributed by atoms with E-state index in [9.17, 15) is 29.0 Å². The van der Waals surface area contributed by atoms with Gasteiger partial charge in [0.05, 0.1) is 6.61 Å². The highest BCUT2D eigenvalue weighted by Gasteiger charge is 2.65. The standard InChI is InChI=1S/C12H14F5NO3S/c1-3-21-12(20)8(2)18-11(19)9-4-6-10(7-5-9)22(13,14,15,16)17/h4-8H,3H2,1-2H3,(H,18,19)/t8-/m0/s1. The average molecular weight is 347 g/mol. The molecule has 0 fully saturated rings. The van der Waals surface area contributed by atoms with Crippen molar-refractivity contribution in [3.05, 3.63) is 29.8 Å². The van der Waals surface area contributed by atoms with Gasteiger partial charge >= 0.3 is 16.2 Å². The fourth-order valence-corrected chi connectivity index (χ4v) is 2.12. The molecule has 126 valence electrons. The van der Waals surface area contributed by atoms with Crippen molar-refractivity contribution >= 4 is 22.1 Å². The molecule has 0 aromatic heterocycles. The van der Waals surface area contributed by atoms with E-state index in [1.54, 1.807) is 6.92 Å². The molecule has 0 bridgehead atoms. The van der Waals surface area contributed by atoms with Crippen molar-refractivity contribution in [2.75, 3.05) is 6.61 Å². The number of halogens is 5. The van der Waals surface area contributed by atoms with Crippen LogP contribution in [0.3, 0.4) is 0 Å². The molecular formula is C12H14F5NO3S. The summed E-state index contributed by atoms with van der Waals surface area (Å²) in [5, 5.41) is 2.19. The molecule has 0 aliphatic carbocycles. The summed E-state index contributed by atoms with van der Waals surface area (Å²) >= 11 is 0. The van der Waals surface area contributed by atoms with Crippen molar-refractivity contribution in [2.24, 2.45) is 0 Å². The molecule has 0 aliphatic rings. The molecule has 0 radical (unpaired) electrons. The van der Waals surface area contributed by atoms with E-state index in [0.717, 1.165) is 0 Å². The highest BCUT2D eigenvalue weighted by molar-refractivity contribution is 8.45. The summed E-state index contributed by atoms with van der Waals surface area (Å²) in [6.45, 7) is 2.97. The van der Waals surface area contributed by atoms with E-state index in [0.29, 0.717) is 12.1 Å². The lowest BCUT2D eigenvalue weighted by Crippen LogP contribution is -2.39.